The highest BCUT2D eigenvalue weighted by Crippen LogP contribution is 2.22. The lowest BCUT2D eigenvalue weighted by molar-refractivity contribution is -0.122. The molecule has 0 bridgehead atoms. The normalized spacial score (nSPS) is 17.9. The Morgan fingerprint density at radius 2 is 2.15 bits per heavy atom. The molecule has 2 N–H and O–H groups in total. The van der Waals surface area contributed by atoms with Gasteiger partial charge in [-0.15, -0.1) is 0 Å². The number of carbonyl (C=O) groups excluding carboxylic acids is 1. The van der Waals surface area contributed by atoms with Crippen LogP contribution < -0.4 is 15.4 Å². The van der Waals surface area contributed by atoms with Crippen molar-refractivity contribution >= 4 is 5.91 Å². The van der Waals surface area contributed by atoms with Gasteiger partial charge in [-0.25, -0.2) is 9.37 Å². The van der Waals surface area contributed by atoms with E-state index in [-0.39, 0.29) is 11.7 Å². The van der Waals surface area contributed by atoms with Gasteiger partial charge >= 0.3 is 0 Å². The molecule has 2 aromatic rings. The third-order valence-electron chi connectivity index (χ3n) is 4.97. The molecule has 1 aromatic carbocycles. The number of nitrogens with one attached hydrogen (secondary N) is 2. The molecular weight excluding hydrogens is 345 g/mol. The minimum absolute atomic E-state index is 0.0692. The van der Waals surface area contributed by atoms with Gasteiger partial charge < -0.3 is 15.4 Å². The Balaban J connectivity index is 1.43. The second-order valence-electron chi connectivity index (χ2n) is 7.13. The number of nitrogens with zero attached hydrogens (tertiary/aromatic N) is 1. The molecule has 2 atom stereocenters. The van der Waals surface area contributed by atoms with Crippen molar-refractivity contribution in [2.45, 2.75) is 32.7 Å². The molecule has 5 nitrogen and oxygen atoms in total. The standard InChI is InChI=1S/C21H26FN3O2/c1-15(17-3-2-10-23-14-17)11-20(26)24-12-16-4-9-21(25-13-16)27-19-7-5-18(22)6-8-19/h4-9,13,15,17,23H,2-3,10-12,14H2,1H3,(H,24,26). The van der Waals surface area contributed by atoms with Crippen LogP contribution in [-0.2, 0) is 11.3 Å². The number of benzene rings is 1. The van der Waals surface area contributed by atoms with E-state index in [1.54, 1.807) is 24.4 Å². The Morgan fingerprint density at radius 1 is 1.33 bits per heavy atom. The molecule has 6 heteroatoms. The average Bonchev–Trinajstić information content (AvgIpc) is 2.70. The number of ether oxygens (including phenoxy) is 1. The fraction of sp³-hybridized carbons (Fsp3) is 0.429. The van der Waals surface area contributed by atoms with Crippen molar-refractivity contribution in [3.8, 4) is 11.6 Å². The van der Waals surface area contributed by atoms with Crippen LogP contribution >= 0.6 is 0 Å². The van der Waals surface area contributed by atoms with E-state index in [9.17, 15) is 9.18 Å². The zero-order chi connectivity index (χ0) is 19.1. The summed E-state index contributed by atoms with van der Waals surface area (Å²) in [4.78, 5) is 16.4. The van der Waals surface area contributed by atoms with E-state index in [1.165, 1.54) is 25.0 Å². The van der Waals surface area contributed by atoms with Crippen molar-refractivity contribution < 1.29 is 13.9 Å². The zero-order valence-corrected chi connectivity index (χ0v) is 15.6. The van der Waals surface area contributed by atoms with Gasteiger partial charge in [-0.3, -0.25) is 4.79 Å². The van der Waals surface area contributed by atoms with Crippen LogP contribution in [-0.4, -0.2) is 24.0 Å². The van der Waals surface area contributed by atoms with Gasteiger partial charge in [0.1, 0.15) is 11.6 Å². The second-order valence-corrected chi connectivity index (χ2v) is 7.13. The minimum Gasteiger partial charge on any atom is -0.439 e. The number of halogens is 1. The van der Waals surface area contributed by atoms with Crippen molar-refractivity contribution in [1.29, 1.82) is 0 Å². The van der Waals surface area contributed by atoms with Gasteiger partial charge in [0, 0.05) is 25.2 Å². The van der Waals surface area contributed by atoms with E-state index in [1.807, 2.05) is 6.07 Å². The van der Waals surface area contributed by atoms with Gasteiger partial charge in [0.2, 0.25) is 11.8 Å². The molecular formula is C21H26FN3O2. The number of hydrogen-bond donors (Lipinski definition) is 2. The van der Waals surface area contributed by atoms with E-state index in [0.29, 0.717) is 36.4 Å². The Kier molecular flexibility index (Phi) is 6.76. The second kappa shape index (κ2) is 9.46. The number of hydrogen-bond acceptors (Lipinski definition) is 4. The maximum Gasteiger partial charge on any atom is 0.220 e. The predicted molar refractivity (Wildman–Crippen MR) is 102 cm³/mol. The highest BCUT2D eigenvalue weighted by molar-refractivity contribution is 5.76. The number of rotatable bonds is 7. The van der Waals surface area contributed by atoms with Gasteiger partial charge in [-0.1, -0.05) is 13.0 Å². The Bertz CT molecular complexity index is 728. The SMILES string of the molecule is CC(CC(=O)NCc1ccc(Oc2ccc(F)cc2)nc1)C1CCCNC1. The predicted octanol–water partition coefficient (Wildman–Crippen LogP) is 3.66. The highest BCUT2D eigenvalue weighted by atomic mass is 19.1. The van der Waals surface area contributed by atoms with Gasteiger partial charge in [0.15, 0.2) is 0 Å². The van der Waals surface area contributed by atoms with Crippen molar-refractivity contribution in [2.75, 3.05) is 13.1 Å². The monoisotopic (exact) mass is 371 g/mol. The van der Waals surface area contributed by atoms with Crippen LogP contribution in [0.3, 0.4) is 0 Å². The van der Waals surface area contributed by atoms with Gasteiger partial charge in [-0.05, 0) is 67.6 Å². The van der Waals surface area contributed by atoms with Crippen LogP contribution in [0.2, 0.25) is 0 Å². The third kappa shape index (κ3) is 6.03. The summed E-state index contributed by atoms with van der Waals surface area (Å²) in [6, 6.07) is 9.37. The van der Waals surface area contributed by atoms with E-state index in [2.05, 4.69) is 22.5 Å². The third-order valence-corrected chi connectivity index (χ3v) is 4.97. The summed E-state index contributed by atoms with van der Waals surface area (Å²) in [5, 5.41) is 6.36. The Labute approximate surface area is 159 Å². The average molecular weight is 371 g/mol. The molecule has 1 amide bonds. The lowest BCUT2D eigenvalue weighted by Gasteiger charge is -2.28. The van der Waals surface area contributed by atoms with Gasteiger partial charge in [0.05, 0.1) is 0 Å². The van der Waals surface area contributed by atoms with Crippen LogP contribution in [0.15, 0.2) is 42.6 Å². The Morgan fingerprint density at radius 3 is 2.81 bits per heavy atom. The van der Waals surface area contributed by atoms with E-state index < -0.39 is 0 Å². The molecule has 1 aliphatic rings. The first-order valence-electron chi connectivity index (χ1n) is 9.46. The summed E-state index contributed by atoms with van der Waals surface area (Å²) in [7, 11) is 0. The lowest BCUT2D eigenvalue weighted by atomic mass is 9.85. The number of piperidine rings is 1. The van der Waals surface area contributed by atoms with E-state index in [0.717, 1.165) is 18.7 Å². The fourth-order valence-electron chi connectivity index (χ4n) is 3.30. The molecule has 27 heavy (non-hydrogen) atoms. The molecule has 0 radical (unpaired) electrons. The van der Waals surface area contributed by atoms with Crippen molar-refractivity contribution in [3.05, 3.63) is 54.0 Å². The summed E-state index contributed by atoms with van der Waals surface area (Å²) in [6.07, 6.45) is 4.61. The molecule has 1 aromatic heterocycles. The van der Waals surface area contributed by atoms with E-state index >= 15 is 0 Å². The topological polar surface area (TPSA) is 63.2 Å². The highest BCUT2D eigenvalue weighted by Gasteiger charge is 2.21. The number of pyridine rings is 1. The smallest absolute Gasteiger partial charge is 0.220 e. The summed E-state index contributed by atoms with van der Waals surface area (Å²) in [5.41, 5.74) is 0.904. The van der Waals surface area contributed by atoms with Gasteiger partial charge in [0.25, 0.3) is 0 Å². The largest absolute Gasteiger partial charge is 0.439 e. The van der Waals surface area contributed by atoms with Crippen LogP contribution in [0.5, 0.6) is 11.6 Å². The van der Waals surface area contributed by atoms with Crippen molar-refractivity contribution in [2.24, 2.45) is 11.8 Å². The number of amides is 1. The molecule has 144 valence electrons. The molecule has 2 heterocycles. The van der Waals surface area contributed by atoms with Crippen LogP contribution in [0.25, 0.3) is 0 Å². The maximum absolute atomic E-state index is 12.9. The number of carbonyl (C=O) groups is 1. The summed E-state index contributed by atoms with van der Waals surface area (Å²) in [5.74, 6) is 1.66. The zero-order valence-electron chi connectivity index (χ0n) is 15.6. The Hall–Kier alpha value is -2.47. The van der Waals surface area contributed by atoms with Crippen LogP contribution in [0.4, 0.5) is 4.39 Å². The van der Waals surface area contributed by atoms with Crippen LogP contribution in [0, 0.1) is 17.7 Å². The first-order chi connectivity index (χ1) is 13.1. The van der Waals surface area contributed by atoms with Crippen molar-refractivity contribution in [3.63, 3.8) is 0 Å². The van der Waals surface area contributed by atoms with Gasteiger partial charge in [-0.2, -0.15) is 0 Å². The summed E-state index contributed by atoms with van der Waals surface area (Å²) in [6.45, 7) is 4.69. The fourth-order valence-corrected chi connectivity index (χ4v) is 3.30. The lowest BCUT2D eigenvalue weighted by Crippen LogP contribution is -2.35. The summed E-state index contributed by atoms with van der Waals surface area (Å²) < 4.78 is 18.5. The summed E-state index contributed by atoms with van der Waals surface area (Å²) >= 11 is 0. The quantitative estimate of drug-likeness (QED) is 0.780. The molecule has 2 unspecified atom stereocenters. The molecule has 0 saturated carbocycles. The van der Waals surface area contributed by atoms with Crippen LogP contribution in [0.1, 0.15) is 31.7 Å². The van der Waals surface area contributed by atoms with Crippen molar-refractivity contribution in [1.82, 2.24) is 15.6 Å². The first-order valence-corrected chi connectivity index (χ1v) is 9.46. The molecule has 0 spiro atoms. The molecule has 1 saturated heterocycles. The molecule has 3 rings (SSSR count). The van der Waals surface area contributed by atoms with E-state index in [4.69, 9.17) is 4.74 Å². The molecule has 1 fully saturated rings. The maximum atomic E-state index is 12.9. The molecule has 1 aliphatic heterocycles. The number of aromatic nitrogens is 1. The molecule has 0 aliphatic carbocycles. The first kappa shape index (κ1) is 19.3. The minimum atomic E-state index is -0.310.